The first kappa shape index (κ1) is 10.1. The molecule has 74 valence electrons. The zero-order chi connectivity index (χ0) is 9.84. The van der Waals surface area contributed by atoms with Crippen molar-refractivity contribution in [1.82, 2.24) is 9.55 Å². The number of nitrogens with zero attached hydrogens (tertiary/aromatic N) is 2. The number of hydrogen-bond donors (Lipinski definition) is 1. The van der Waals surface area contributed by atoms with Crippen molar-refractivity contribution in [3.8, 4) is 0 Å². The van der Waals surface area contributed by atoms with Crippen LogP contribution in [0.15, 0.2) is 6.20 Å². The van der Waals surface area contributed by atoms with E-state index in [1.807, 2.05) is 13.1 Å². The Morgan fingerprint density at radius 1 is 1.62 bits per heavy atom. The molecule has 0 aliphatic heterocycles. The van der Waals surface area contributed by atoms with E-state index in [1.165, 1.54) is 12.8 Å². The molecule has 1 aromatic heterocycles. The molecule has 0 saturated carbocycles. The van der Waals surface area contributed by atoms with E-state index < -0.39 is 0 Å². The van der Waals surface area contributed by atoms with Gasteiger partial charge in [0.25, 0.3) is 0 Å². The summed E-state index contributed by atoms with van der Waals surface area (Å²) in [5.41, 5.74) is 6.89. The summed E-state index contributed by atoms with van der Waals surface area (Å²) in [6.45, 7) is 7.50. The van der Waals surface area contributed by atoms with Gasteiger partial charge in [-0.2, -0.15) is 0 Å². The molecule has 1 unspecified atom stereocenters. The van der Waals surface area contributed by atoms with Gasteiger partial charge in [0.2, 0.25) is 0 Å². The lowest BCUT2D eigenvalue weighted by Crippen LogP contribution is -2.11. The molecule has 2 N–H and O–H groups in total. The molecule has 3 nitrogen and oxygen atoms in total. The van der Waals surface area contributed by atoms with Crippen LogP contribution >= 0.6 is 0 Å². The van der Waals surface area contributed by atoms with Crippen LogP contribution in [-0.2, 0) is 6.54 Å². The van der Waals surface area contributed by atoms with E-state index in [0.29, 0.717) is 11.9 Å². The second kappa shape index (κ2) is 4.30. The predicted molar refractivity (Wildman–Crippen MR) is 55.4 cm³/mol. The first-order chi connectivity index (χ1) is 6.15. The summed E-state index contributed by atoms with van der Waals surface area (Å²) in [6.07, 6.45) is 4.31. The van der Waals surface area contributed by atoms with E-state index in [4.69, 9.17) is 5.73 Å². The number of nitrogen functional groups attached to an aromatic ring is 1. The van der Waals surface area contributed by atoms with Crippen LogP contribution in [0.2, 0.25) is 0 Å². The number of hydrogen-bond acceptors (Lipinski definition) is 2. The molecule has 1 aromatic rings. The summed E-state index contributed by atoms with van der Waals surface area (Å²) >= 11 is 0. The van der Waals surface area contributed by atoms with E-state index in [9.17, 15) is 0 Å². The first-order valence-corrected chi connectivity index (χ1v) is 4.92. The molecule has 3 heteroatoms. The summed E-state index contributed by atoms with van der Waals surface area (Å²) in [4.78, 5) is 4.07. The van der Waals surface area contributed by atoms with Gasteiger partial charge in [0, 0.05) is 12.2 Å². The summed E-state index contributed by atoms with van der Waals surface area (Å²) in [5, 5.41) is 0. The first-order valence-electron chi connectivity index (χ1n) is 4.92. The standard InChI is InChI=1S/C10H19N3/c1-4-5-8(2)7-13-9(3)6-12-10(13)11/h6,8H,4-5,7H2,1-3H3,(H2,11,12). The number of imidazole rings is 1. The summed E-state index contributed by atoms with van der Waals surface area (Å²) in [5.74, 6) is 1.32. The number of rotatable bonds is 4. The van der Waals surface area contributed by atoms with Gasteiger partial charge in [0.15, 0.2) is 5.95 Å². The van der Waals surface area contributed by atoms with E-state index in [2.05, 4.69) is 23.4 Å². The number of aromatic nitrogens is 2. The zero-order valence-corrected chi connectivity index (χ0v) is 8.75. The molecule has 1 heterocycles. The molecule has 0 amide bonds. The van der Waals surface area contributed by atoms with Gasteiger partial charge in [0.05, 0.1) is 6.20 Å². The van der Waals surface area contributed by atoms with Crippen molar-refractivity contribution in [2.45, 2.75) is 40.2 Å². The zero-order valence-electron chi connectivity index (χ0n) is 8.75. The third-order valence-electron chi connectivity index (χ3n) is 2.36. The highest BCUT2D eigenvalue weighted by molar-refractivity contribution is 5.21. The second-order valence-corrected chi connectivity index (χ2v) is 3.76. The number of nitrogens with two attached hydrogens (primary N) is 1. The molecule has 0 aliphatic carbocycles. The summed E-state index contributed by atoms with van der Waals surface area (Å²) in [6, 6.07) is 0. The van der Waals surface area contributed by atoms with Crippen LogP contribution in [0, 0.1) is 12.8 Å². The largest absolute Gasteiger partial charge is 0.369 e. The van der Waals surface area contributed by atoms with Crippen molar-refractivity contribution in [2.75, 3.05) is 5.73 Å². The fourth-order valence-electron chi connectivity index (χ4n) is 1.61. The highest BCUT2D eigenvalue weighted by Crippen LogP contribution is 2.13. The molecule has 0 aromatic carbocycles. The van der Waals surface area contributed by atoms with Crippen LogP contribution in [0.25, 0.3) is 0 Å². The second-order valence-electron chi connectivity index (χ2n) is 3.76. The molecule has 13 heavy (non-hydrogen) atoms. The van der Waals surface area contributed by atoms with E-state index in [1.54, 1.807) is 0 Å². The van der Waals surface area contributed by atoms with Crippen LogP contribution in [0.4, 0.5) is 5.95 Å². The van der Waals surface area contributed by atoms with Gasteiger partial charge in [-0.25, -0.2) is 4.98 Å². The minimum Gasteiger partial charge on any atom is -0.369 e. The van der Waals surface area contributed by atoms with Crippen molar-refractivity contribution >= 4 is 5.95 Å². The van der Waals surface area contributed by atoms with Gasteiger partial charge in [-0.1, -0.05) is 20.3 Å². The van der Waals surface area contributed by atoms with Crippen LogP contribution < -0.4 is 5.73 Å². The smallest absolute Gasteiger partial charge is 0.200 e. The van der Waals surface area contributed by atoms with Crippen molar-refractivity contribution in [3.63, 3.8) is 0 Å². The minimum atomic E-state index is 0.639. The third kappa shape index (κ3) is 2.47. The maximum Gasteiger partial charge on any atom is 0.200 e. The molecule has 0 bridgehead atoms. The maximum atomic E-state index is 5.74. The highest BCUT2D eigenvalue weighted by Gasteiger charge is 2.07. The van der Waals surface area contributed by atoms with E-state index in [0.717, 1.165) is 12.2 Å². The van der Waals surface area contributed by atoms with Crippen molar-refractivity contribution in [1.29, 1.82) is 0 Å². The van der Waals surface area contributed by atoms with Crippen molar-refractivity contribution in [2.24, 2.45) is 5.92 Å². The summed E-state index contributed by atoms with van der Waals surface area (Å²) < 4.78 is 2.08. The Labute approximate surface area is 80.0 Å². The fourth-order valence-corrected chi connectivity index (χ4v) is 1.61. The lowest BCUT2D eigenvalue weighted by molar-refractivity contribution is 0.444. The van der Waals surface area contributed by atoms with Crippen LogP contribution in [-0.4, -0.2) is 9.55 Å². The molecule has 0 radical (unpaired) electrons. The number of anilines is 1. The molecule has 0 aliphatic rings. The topological polar surface area (TPSA) is 43.8 Å². The maximum absolute atomic E-state index is 5.74. The van der Waals surface area contributed by atoms with Crippen LogP contribution in [0.3, 0.4) is 0 Å². The Kier molecular flexibility index (Phi) is 3.34. The molecular formula is C10H19N3. The van der Waals surface area contributed by atoms with Gasteiger partial charge in [0.1, 0.15) is 0 Å². The molecule has 1 atom stereocenters. The monoisotopic (exact) mass is 181 g/mol. The Balaban J connectivity index is 2.62. The lowest BCUT2D eigenvalue weighted by atomic mass is 10.1. The summed E-state index contributed by atoms with van der Waals surface area (Å²) in [7, 11) is 0. The fraction of sp³-hybridized carbons (Fsp3) is 0.700. The van der Waals surface area contributed by atoms with Crippen LogP contribution in [0.1, 0.15) is 32.4 Å². The Morgan fingerprint density at radius 3 is 2.77 bits per heavy atom. The quantitative estimate of drug-likeness (QED) is 0.774. The van der Waals surface area contributed by atoms with Gasteiger partial charge in [-0.15, -0.1) is 0 Å². The third-order valence-corrected chi connectivity index (χ3v) is 2.36. The molecule has 0 fully saturated rings. The molecule has 0 spiro atoms. The van der Waals surface area contributed by atoms with Gasteiger partial charge in [-0.05, 0) is 19.3 Å². The number of aryl methyl sites for hydroxylation is 1. The average Bonchev–Trinajstić information content (AvgIpc) is 2.36. The Morgan fingerprint density at radius 2 is 2.31 bits per heavy atom. The Hall–Kier alpha value is -0.990. The predicted octanol–water partition coefficient (Wildman–Crippen LogP) is 2.21. The van der Waals surface area contributed by atoms with E-state index >= 15 is 0 Å². The van der Waals surface area contributed by atoms with Crippen molar-refractivity contribution < 1.29 is 0 Å². The van der Waals surface area contributed by atoms with Gasteiger partial charge in [-0.3, -0.25) is 0 Å². The average molecular weight is 181 g/mol. The van der Waals surface area contributed by atoms with E-state index in [-0.39, 0.29) is 0 Å². The van der Waals surface area contributed by atoms with Crippen molar-refractivity contribution in [3.05, 3.63) is 11.9 Å². The molecule has 0 saturated heterocycles. The highest BCUT2D eigenvalue weighted by atomic mass is 15.1. The van der Waals surface area contributed by atoms with Gasteiger partial charge < -0.3 is 10.3 Å². The minimum absolute atomic E-state index is 0.639. The van der Waals surface area contributed by atoms with Crippen LogP contribution in [0.5, 0.6) is 0 Å². The lowest BCUT2D eigenvalue weighted by Gasteiger charge is -2.13. The normalized spacial score (nSPS) is 13.2. The SMILES string of the molecule is CCCC(C)Cn1c(C)cnc1N. The Bertz CT molecular complexity index is 246. The molecule has 1 rings (SSSR count). The van der Waals surface area contributed by atoms with Gasteiger partial charge >= 0.3 is 0 Å². The molecular weight excluding hydrogens is 162 g/mol.